The predicted molar refractivity (Wildman–Crippen MR) is 85.6 cm³/mol. The van der Waals surface area contributed by atoms with E-state index in [2.05, 4.69) is 44.8 Å². The molecule has 1 fully saturated rings. The summed E-state index contributed by atoms with van der Waals surface area (Å²) >= 11 is 0. The Morgan fingerprint density at radius 3 is 2.37 bits per heavy atom. The van der Waals surface area contributed by atoms with Crippen LogP contribution in [-0.4, -0.2) is 37.1 Å². The van der Waals surface area contributed by atoms with Crippen LogP contribution in [0.1, 0.15) is 66.7 Å². The van der Waals surface area contributed by atoms with Gasteiger partial charge >= 0.3 is 0 Å². The maximum atomic E-state index is 3.49. The average Bonchev–Trinajstić information content (AvgIpc) is 2.75. The van der Waals surface area contributed by atoms with E-state index in [0.717, 1.165) is 5.92 Å². The second-order valence-corrected chi connectivity index (χ2v) is 7.68. The molecule has 19 heavy (non-hydrogen) atoms. The largest absolute Gasteiger partial charge is 0.315 e. The van der Waals surface area contributed by atoms with Gasteiger partial charge in [-0.3, -0.25) is 0 Å². The molecule has 0 amide bonds. The highest BCUT2D eigenvalue weighted by Crippen LogP contribution is 2.33. The molecule has 0 aromatic heterocycles. The molecule has 1 N–H and O–H groups in total. The van der Waals surface area contributed by atoms with E-state index in [1.165, 1.54) is 58.3 Å². The number of hydrogen-bond acceptors (Lipinski definition) is 2. The standard InChI is InChI=1S/C17H36N2/c1-15(2)18-11-8-6-7-9-12-19-13-10-16(14-19)17(3,4)5/h15-16,18H,6-14H2,1-5H3. The van der Waals surface area contributed by atoms with Crippen LogP contribution in [0, 0.1) is 11.3 Å². The number of hydrogen-bond donors (Lipinski definition) is 1. The van der Waals surface area contributed by atoms with Crippen LogP contribution in [0.2, 0.25) is 0 Å². The van der Waals surface area contributed by atoms with Gasteiger partial charge in [0, 0.05) is 12.6 Å². The lowest BCUT2D eigenvalue weighted by Crippen LogP contribution is -2.26. The summed E-state index contributed by atoms with van der Waals surface area (Å²) in [5.74, 6) is 0.905. The Labute approximate surface area is 121 Å². The van der Waals surface area contributed by atoms with Crippen LogP contribution in [0.5, 0.6) is 0 Å². The monoisotopic (exact) mass is 268 g/mol. The van der Waals surface area contributed by atoms with Gasteiger partial charge in [-0.15, -0.1) is 0 Å². The van der Waals surface area contributed by atoms with E-state index < -0.39 is 0 Å². The molecule has 2 nitrogen and oxygen atoms in total. The molecule has 0 aromatic rings. The molecule has 1 aliphatic rings. The molecule has 114 valence electrons. The number of unbranched alkanes of at least 4 members (excludes halogenated alkanes) is 3. The van der Waals surface area contributed by atoms with E-state index >= 15 is 0 Å². The third-order valence-corrected chi connectivity index (χ3v) is 4.45. The van der Waals surface area contributed by atoms with Gasteiger partial charge in [-0.25, -0.2) is 0 Å². The van der Waals surface area contributed by atoms with Crippen molar-refractivity contribution in [2.75, 3.05) is 26.2 Å². The molecule has 0 radical (unpaired) electrons. The van der Waals surface area contributed by atoms with Crippen molar-refractivity contribution in [2.45, 2.75) is 72.8 Å². The van der Waals surface area contributed by atoms with Gasteiger partial charge in [-0.05, 0) is 50.2 Å². The molecule has 0 aliphatic carbocycles. The first-order valence-corrected chi connectivity index (χ1v) is 8.35. The Bertz CT molecular complexity index is 230. The van der Waals surface area contributed by atoms with Crippen LogP contribution in [0.3, 0.4) is 0 Å². The van der Waals surface area contributed by atoms with Gasteiger partial charge in [0.15, 0.2) is 0 Å². The van der Waals surface area contributed by atoms with Crippen molar-refractivity contribution >= 4 is 0 Å². The Balaban J connectivity index is 1.97. The van der Waals surface area contributed by atoms with Crippen LogP contribution < -0.4 is 5.32 Å². The summed E-state index contributed by atoms with van der Waals surface area (Å²) in [6.07, 6.45) is 6.91. The first kappa shape index (κ1) is 17.0. The molecule has 1 saturated heterocycles. The van der Waals surface area contributed by atoms with E-state index in [9.17, 15) is 0 Å². The Hall–Kier alpha value is -0.0800. The molecule has 1 atom stereocenters. The van der Waals surface area contributed by atoms with Crippen LogP contribution in [-0.2, 0) is 0 Å². The van der Waals surface area contributed by atoms with Gasteiger partial charge in [0.25, 0.3) is 0 Å². The molecule has 0 aromatic carbocycles. The zero-order chi connectivity index (χ0) is 14.3. The summed E-state index contributed by atoms with van der Waals surface area (Å²) in [5, 5.41) is 3.49. The molecule has 2 heteroatoms. The van der Waals surface area contributed by atoms with Crippen molar-refractivity contribution in [1.82, 2.24) is 10.2 Å². The lowest BCUT2D eigenvalue weighted by Gasteiger charge is -2.27. The summed E-state index contributed by atoms with van der Waals surface area (Å²) in [6, 6.07) is 0.638. The Morgan fingerprint density at radius 1 is 1.11 bits per heavy atom. The van der Waals surface area contributed by atoms with E-state index in [4.69, 9.17) is 0 Å². The molecule has 1 unspecified atom stereocenters. The Morgan fingerprint density at radius 2 is 1.79 bits per heavy atom. The minimum Gasteiger partial charge on any atom is -0.315 e. The highest BCUT2D eigenvalue weighted by molar-refractivity contribution is 4.83. The minimum atomic E-state index is 0.497. The number of nitrogens with zero attached hydrogens (tertiary/aromatic N) is 1. The molecular formula is C17H36N2. The van der Waals surface area contributed by atoms with E-state index in [1.807, 2.05) is 0 Å². The highest BCUT2D eigenvalue weighted by atomic mass is 15.1. The number of likely N-dealkylation sites (tertiary alicyclic amines) is 1. The van der Waals surface area contributed by atoms with Gasteiger partial charge in [-0.2, -0.15) is 0 Å². The fraction of sp³-hybridized carbons (Fsp3) is 1.00. The molecule has 1 aliphatic heterocycles. The summed E-state index contributed by atoms with van der Waals surface area (Å²) in [4.78, 5) is 2.68. The smallest absolute Gasteiger partial charge is 0.00151 e. The van der Waals surface area contributed by atoms with E-state index in [0.29, 0.717) is 11.5 Å². The van der Waals surface area contributed by atoms with Crippen molar-refractivity contribution in [3.05, 3.63) is 0 Å². The quantitative estimate of drug-likeness (QED) is 0.671. The van der Waals surface area contributed by atoms with Crippen LogP contribution in [0.15, 0.2) is 0 Å². The van der Waals surface area contributed by atoms with Gasteiger partial charge in [-0.1, -0.05) is 47.5 Å². The Kier molecular flexibility index (Phi) is 7.38. The zero-order valence-corrected chi connectivity index (χ0v) is 14.0. The van der Waals surface area contributed by atoms with Gasteiger partial charge < -0.3 is 10.2 Å². The lowest BCUT2D eigenvalue weighted by molar-refractivity contribution is 0.227. The van der Waals surface area contributed by atoms with Crippen molar-refractivity contribution in [1.29, 1.82) is 0 Å². The second-order valence-electron chi connectivity index (χ2n) is 7.68. The fourth-order valence-electron chi connectivity index (χ4n) is 2.95. The highest BCUT2D eigenvalue weighted by Gasteiger charge is 2.31. The van der Waals surface area contributed by atoms with Crippen LogP contribution in [0.25, 0.3) is 0 Å². The van der Waals surface area contributed by atoms with Gasteiger partial charge in [0.2, 0.25) is 0 Å². The minimum absolute atomic E-state index is 0.497. The summed E-state index contributed by atoms with van der Waals surface area (Å²) in [6.45, 7) is 16.8. The SMILES string of the molecule is CC(C)NCCCCCCN1CCC(C(C)(C)C)C1. The fourth-order valence-corrected chi connectivity index (χ4v) is 2.95. The average molecular weight is 268 g/mol. The predicted octanol–water partition coefficient (Wildman–Crippen LogP) is 3.91. The normalized spacial score (nSPS) is 21.5. The van der Waals surface area contributed by atoms with Crippen LogP contribution >= 0.6 is 0 Å². The van der Waals surface area contributed by atoms with Crippen LogP contribution in [0.4, 0.5) is 0 Å². The molecule has 1 rings (SSSR count). The first-order chi connectivity index (χ1) is 8.89. The number of rotatable bonds is 8. The molecular weight excluding hydrogens is 232 g/mol. The maximum absolute atomic E-state index is 3.49. The maximum Gasteiger partial charge on any atom is 0.00151 e. The number of nitrogens with one attached hydrogen (secondary N) is 1. The lowest BCUT2D eigenvalue weighted by atomic mass is 9.80. The van der Waals surface area contributed by atoms with Gasteiger partial charge in [0.05, 0.1) is 0 Å². The molecule has 1 heterocycles. The molecule has 0 spiro atoms. The zero-order valence-electron chi connectivity index (χ0n) is 14.0. The van der Waals surface area contributed by atoms with Crippen molar-refractivity contribution in [3.8, 4) is 0 Å². The van der Waals surface area contributed by atoms with E-state index in [1.54, 1.807) is 0 Å². The topological polar surface area (TPSA) is 15.3 Å². The van der Waals surface area contributed by atoms with Crippen molar-refractivity contribution in [3.63, 3.8) is 0 Å². The van der Waals surface area contributed by atoms with Gasteiger partial charge in [0.1, 0.15) is 0 Å². The third kappa shape index (κ3) is 7.31. The molecule has 0 bridgehead atoms. The second kappa shape index (κ2) is 8.26. The summed E-state index contributed by atoms with van der Waals surface area (Å²) in [7, 11) is 0. The van der Waals surface area contributed by atoms with Crippen molar-refractivity contribution < 1.29 is 0 Å². The third-order valence-electron chi connectivity index (χ3n) is 4.45. The summed E-state index contributed by atoms with van der Waals surface area (Å²) in [5.41, 5.74) is 0.497. The molecule has 0 saturated carbocycles. The first-order valence-electron chi connectivity index (χ1n) is 8.35. The van der Waals surface area contributed by atoms with Crippen molar-refractivity contribution in [2.24, 2.45) is 11.3 Å². The van der Waals surface area contributed by atoms with E-state index in [-0.39, 0.29) is 0 Å². The summed E-state index contributed by atoms with van der Waals surface area (Å²) < 4.78 is 0.